The first-order valence-corrected chi connectivity index (χ1v) is 5.03. The van der Waals surface area contributed by atoms with E-state index in [4.69, 9.17) is 10.8 Å². The topological polar surface area (TPSA) is 92.4 Å². The number of para-hydroxylation sites is 1. The number of hydrogen-bond donors (Lipinski definition) is 3. The summed E-state index contributed by atoms with van der Waals surface area (Å²) in [5.41, 5.74) is 3.41. The number of carbonyl (C=O) groups excluding carboxylic acids is 1. The Morgan fingerprint density at radius 3 is 2.82 bits per heavy atom. The molecule has 0 aliphatic carbocycles. The minimum atomic E-state index is -2.37. The van der Waals surface area contributed by atoms with Crippen molar-refractivity contribution in [1.29, 1.82) is 0 Å². The summed E-state index contributed by atoms with van der Waals surface area (Å²) in [5, 5.41) is 11.0. The molecule has 90 valence electrons. The van der Waals surface area contributed by atoms with Gasteiger partial charge in [0.1, 0.15) is 6.04 Å². The van der Waals surface area contributed by atoms with Crippen LogP contribution >= 0.6 is 0 Å². The molecule has 0 aromatic heterocycles. The van der Waals surface area contributed by atoms with E-state index in [1.165, 1.54) is 6.07 Å². The number of anilines is 1. The van der Waals surface area contributed by atoms with E-state index in [1.807, 2.05) is 0 Å². The van der Waals surface area contributed by atoms with Crippen molar-refractivity contribution in [3.8, 4) is 0 Å². The van der Waals surface area contributed by atoms with Crippen molar-refractivity contribution in [2.24, 2.45) is 5.73 Å². The minimum absolute atomic E-state index is 0.140. The number of alkyl halides is 1. The van der Waals surface area contributed by atoms with Crippen LogP contribution in [0.25, 0.3) is 0 Å². The van der Waals surface area contributed by atoms with E-state index >= 15 is 0 Å². The fourth-order valence-electron chi connectivity index (χ4n) is 1.87. The van der Waals surface area contributed by atoms with Crippen LogP contribution in [0.4, 0.5) is 10.1 Å². The predicted octanol–water partition coefficient (Wildman–Crippen LogP) is 0.605. The first-order valence-electron chi connectivity index (χ1n) is 5.03. The lowest BCUT2D eigenvalue weighted by molar-refractivity contribution is -0.140. The van der Waals surface area contributed by atoms with Crippen molar-refractivity contribution in [3.63, 3.8) is 0 Å². The molecule has 0 unspecified atom stereocenters. The maximum atomic E-state index is 14.6. The fourth-order valence-corrected chi connectivity index (χ4v) is 1.87. The van der Waals surface area contributed by atoms with Gasteiger partial charge in [-0.15, -0.1) is 0 Å². The Balaban J connectivity index is 2.37. The monoisotopic (exact) mass is 238 g/mol. The highest BCUT2D eigenvalue weighted by atomic mass is 19.1. The van der Waals surface area contributed by atoms with Crippen molar-refractivity contribution < 1.29 is 19.1 Å². The van der Waals surface area contributed by atoms with Gasteiger partial charge in [0.15, 0.2) is 0 Å². The average Bonchev–Trinajstić information content (AvgIpc) is 2.52. The number of rotatable bonds is 3. The second kappa shape index (κ2) is 3.81. The normalized spacial score (nSPS) is 24.0. The Morgan fingerprint density at radius 1 is 1.53 bits per heavy atom. The van der Waals surface area contributed by atoms with E-state index in [-0.39, 0.29) is 5.56 Å². The zero-order valence-electron chi connectivity index (χ0n) is 8.81. The summed E-state index contributed by atoms with van der Waals surface area (Å²) in [5.74, 6) is -2.20. The summed E-state index contributed by atoms with van der Waals surface area (Å²) in [6.45, 7) is 0. The van der Waals surface area contributed by atoms with Crippen molar-refractivity contribution in [3.05, 3.63) is 29.8 Å². The van der Waals surface area contributed by atoms with Gasteiger partial charge in [-0.1, -0.05) is 18.2 Å². The molecule has 1 amide bonds. The molecule has 0 radical (unpaired) electrons. The van der Waals surface area contributed by atoms with Crippen molar-refractivity contribution in [2.45, 2.75) is 18.1 Å². The lowest BCUT2D eigenvalue weighted by Gasteiger charge is -2.19. The number of halogens is 1. The van der Waals surface area contributed by atoms with E-state index in [0.717, 1.165) is 0 Å². The molecule has 1 heterocycles. The van der Waals surface area contributed by atoms with Crippen LogP contribution in [0.2, 0.25) is 0 Å². The third-order valence-corrected chi connectivity index (χ3v) is 2.78. The van der Waals surface area contributed by atoms with Crippen LogP contribution in [0, 0.1) is 0 Å². The quantitative estimate of drug-likeness (QED) is 0.719. The molecule has 1 aromatic carbocycles. The predicted molar refractivity (Wildman–Crippen MR) is 58.1 cm³/mol. The molecule has 17 heavy (non-hydrogen) atoms. The molecule has 6 heteroatoms. The SMILES string of the molecule is N[C@@H](C[C@@]1(F)C(=O)Nc2ccccc21)C(=O)O. The zero-order valence-corrected chi connectivity index (χ0v) is 8.81. The number of benzene rings is 1. The molecule has 0 spiro atoms. The second-order valence-electron chi connectivity index (χ2n) is 3.95. The first-order chi connectivity index (χ1) is 7.95. The van der Waals surface area contributed by atoms with Gasteiger partial charge in [-0.05, 0) is 6.07 Å². The van der Waals surface area contributed by atoms with Gasteiger partial charge in [0.05, 0.1) is 0 Å². The Morgan fingerprint density at radius 2 is 2.18 bits per heavy atom. The molecule has 2 rings (SSSR count). The largest absolute Gasteiger partial charge is 0.480 e. The number of fused-ring (bicyclic) bond motifs is 1. The summed E-state index contributed by atoms with van der Waals surface area (Å²) in [4.78, 5) is 22.2. The van der Waals surface area contributed by atoms with Crippen LogP contribution in [0.3, 0.4) is 0 Å². The molecule has 0 saturated carbocycles. The minimum Gasteiger partial charge on any atom is -0.480 e. The zero-order chi connectivity index (χ0) is 12.6. The third-order valence-electron chi connectivity index (χ3n) is 2.78. The van der Waals surface area contributed by atoms with Crippen LogP contribution in [-0.2, 0) is 15.3 Å². The molecule has 5 nitrogen and oxygen atoms in total. The third kappa shape index (κ3) is 1.76. The Hall–Kier alpha value is -1.95. The molecule has 0 bridgehead atoms. The smallest absolute Gasteiger partial charge is 0.320 e. The molecule has 1 aromatic rings. The highest BCUT2D eigenvalue weighted by Gasteiger charge is 2.49. The molecular weight excluding hydrogens is 227 g/mol. The highest BCUT2D eigenvalue weighted by Crippen LogP contribution is 2.41. The number of carboxylic acids is 1. The maximum absolute atomic E-state index is 14.6. The molecular formula is C11H11FN2O3. The number of nitrogens with one attached hydrogen (secondary N) is 1. The summed E-state index contributed by atoms with van der Waals surface area (Å²) < 4.78 is 14.6. The van der Waals surface area contributed by atoms with Gasteiger partial charge in [-0.2, -0.15) is 0 Å². The van der Waals surface area contributed by atoms with Crippen LogP contribution in [-0.4, -0.2) is 23.0 Å². The number of amides is 1. The van der Waals surface area contributed by atoms with E-state index in [0.29, 0.717) is 5.69 Å². The highest BCUT2D eigenvalue weighted by molar-refractivity contribution is 6.05. The fraction of sp³-hybridized carbons (Fsp3) is 0.273. The van der Waals surface area contributed by atoms with Gasteiger partial charge in [-0.25, -0.2) is 4.39 Å². The van der Waals surface area contributed by atoms with Gasteiger partial charge < -0.3 is 16.2 Å². The van der Waals surface area contributed by atoms with Crippen molar-refractivity contribution in [1.82, 2.24) is 0 Å². The summed E-state index contributed by atoms with van der Waals surface area (Å²) in [7, 11) is 0. The Kier molecular flexibility index (Phi) is 2.59. The first kappa shape index (κ1) is 11.5. The number of nitrogens with two attached hydrogens (primary N) is 1. The number of carbonyl (C=O) groups is 2. The standard InChI is InChI=1S/C11H11FN2O3/c12-11(5-7(13)9(15)16)6-3-1-2-4-8(6)14-10(11)17/h1-4,7H,5,13H2,(H,14,17)(H,15,16)/t7-,11-/m0/s1. The molecule has 1 aliphatic rings. The lowest BCUT2D eigenvalue weighted by Crippen LogP contribution is -2.41. The van der Waals surface area contributed by atoms with Crippen LogP contribution in [0.1, 0.15) is 12.0 Å². The maximum Gasteiger partial charge on any atom is 0.320 e. The second-order valence-corrected chi connectivity index (χ2v) is 3.95. The van der Waals surface area contributed by atoms with Gasteiger partial charge in [0.2, 0.25) is 5.67 Å². The van der Waals surface area contributed by atoms with Crippen LogP contribution in [0.15, 0.2) is 24.3 Å². The summed E-state index contributed by atoms with van der Waals surface area (Å²) >= 11 is 0. The molecule has 4 N–H and O–H groups in total. The molecule has 2 atom stereocenters. The van der Waals surface area contributed by atoms with E-state index in [1.54, 1.807) is 18.2 Å². The number of hydrogen-bond acceptors (Lipinski definition) is 3. The van der Waals surface area contributed by atoms with Crippen LogP contribution < -0.4 is 11.1 Å². The Bertz CT molecular complexity index is 491. The summed E-state index contributed by atoms with van der Waals surface area (Å²) in [6, 6.07) is 4.82. The van der Waals surface area contributed by atoms with Crippen molar-refractivity contribution in [2.75, 3.05) is 5.32 Å². The summed E-state index contributed by atoms with van der Waals surface area (Å²) in [6.07, 6.45) is -0.578. The van der Waals surface area contributed by atoms with E-state index in [9.17, 15) is 14.0 Å². The van der Waals surface area contributed by atoms with Gasteiger partial charge in [0.25, 0.3) is 5.91 Å². The van der Waals surface area contributed by atoms with Crippen LogP contribution in [0.5, 0.6) is 0 Å². The van der Waals surface area contributed by atoms with Gasteiger partial charge in [-0.3, -0.25) is 9.59 Å². The van der Waals surface area contributed by atoms with Crippen molar-refractivity contribution >= 4 is 17.6 Å². The number of aliphatic carboxylic acids is 1. The molecule has 0 fully saturated rings. The lowest BCUT2D eigenvalue weighted by atomic mass is 9.90. The van der Waals surface area contributed by atoms with Gasteiger partial charge >= 0.3 is 5.97 Å². The van der Waals surface area contributed by atoms with E-state index < -0.39 is 30.0 Å². The molecule has 0 saturated heterocycles. The number of carboxylic acid groups (broad SMARTS) is 1. The average molecular weight is 238 g/mol. The van der Waals surface area contributed by atoms with E-state index in [2.05, 4.69) is 5.32 Å². The Labute approximate surface area is 96.4 Å². The van der Waals surface area contributed by atoms with Gasteiger partial charge in [0, 0.05) is 17.7 Å². The molecule has 1 aliphatic heterocycles.